The van der Waals surface area contributed by atoms with Crippen molar-refractivity contribution in [3.63, 3.8) is 0 Å². The standard InChI is InChI=1S/C14H23NO3S/c1-3-4-5-9-15-10-11-18-13-7-6-8-14(12-13)19(2,16)17/h6-8,12,15H,3-5,9-11H2,1-2H3. The molecule has 0 heterocycles. The average molecular weight is 285 g/mol. The van der Waals surface area contributed by atoms with Crippen LogP contribution in [0.3, 0.4) is 0 Å². The van der Waals surface area contributed by atoms with Crippen LogP contribution in [-0.4, -0.2) is 34.4 Å². The first kappa shape index (κ1) is 16.0. The Labute approximate surface area is 116 Å². The fourth-order valence-electron chi connectivity index (χ4n) is 1.66. The molecule has 0 fully saturated rings. The van der Waals surface area contributed by atoms with E-state index in [-0.39, 0.29) is 0 Å². The fraction of sp³-hybridized carbons (Fsp3) is 0.571. The lowest BCUT2D eigenvalue weighted by Gasteiger charge is -2.08. The second kappa shape index (κ2) is 8.17. The summed E-state index contributed by atoms with van der Waals surface area (Å²) in [6.45, 7) is 4.49. The number of hydrogen-bond acceptors (Lipinski definition) is 4. The van der Waals surface area contributed by atoms with Gasteiger partial charge >= 0.3 is 0 Å². The molecule has 0 saturated carbocycles. The molecule has 0 spiro atoms. The third kappa shape index (κ3) is 6.59. The van der Waals surface area contributed by atoms with Gasteiger partial charge in [-0.3, -0.25) is 0 Å². The van der Waals surface area contributed by atoms with Crippen molar-refractivity contribution in [1.82, 2.24) is 5.32 Å². The first-order valence-corrected chi connectivity index (χ1v) is 8.57. The van der Waals surface area contributed by atoms with E-state index in [0.29, 0.717) is 17.3 Å². The number of rotatable bonds is 9. The molecule has 0 bridgehead atoms. The molecule has 1 N–H and O–H groups in total. The molecule has 19 heavy (non-hydrogen) atoms. The molecule has 0 radical (unpaired) electrons. The number of nitrogens with one attached hydrogen (secondary N) is 1. The number of hydrogen-bond donors (Lipinski definition) is 1. The summed E-state index contributed by atoms with van der Waals surface area (Å²) in [6, 6.07) is 6.60. The van der Waals surface area contributed by atoms with E-state index in [0.717, 1.165) is 13.1 Å². The number of sulfone groups is 1. The highest BCUT2D eigenvalue weighted by Gasteiger charge is 2.07. The van der Waals surface area contributed by atoms with Gasteiger partial charge in [-0.05, 0) is 31.2 Å². The summed E-state index contributed by atoms with van der Waals surface area (Å²) in [7, 11) is -3.17. The van der Waals surface area contributed by atoms with E-state index in [1.54, 1.807) is 24.3 Å². The van der Waals surface area contributed by atoms with Gasteiger partial charge in [-0.15, -0.1) is 0 Å². The van der Waals surface area contributed by atoms with Gasteiger partial charge in [0, 0.05) is 12.8 Å². The zero-order valence-electron chi connectivity index (χ0n) is 11.7. The van der Waals surface area contributed by atoms with Crippen molar-refractivity contribution in [1.29, 1.82) is 0 Å². The minimum Gasteiger partial charge on any atom is -0.492 e. The maximum atomic E-state index is 11.4. The molecular weight excluding hydrogens is 262 g/mol. The Balaban J connectivity index is 2.30. The summed E-state index contributed by atoms with van der Waals surface area (Å²) in [5, 5.41) is 3.29. The molecular formula is C14H23NO3S. The third-order valence-corrected chi connectivity index (χ3v) is 3.85. The summed E-state index contributed by atoms with van der Waals surface area (Å²) >= 11 is 0. The van der Waals surface area contributed by atoms with Crippen LogP contribution in [0.2, 0.25) is 0 Å². The van der Waals surface area contributed by atoms with Gasteiger partial charge < -0.3 is 10.1 Å². The van der Waals surface area contributed by atoms with Gasteiger partial charge in [0.2, 0.25) is 0 Å². The monoisotopic (exact) mass is 285 g/mol. The summed E-state index contributed by atoms with van der Waals surface area (Å²) in [5.74, 6) is 0.596. The normalized spacial score (nSPS) is 11.5. The molecule has 0 amide bonds. The van der Waals surface area contributed by atoms with E-state index in [1.807, 2.05) is 0 Å². The van der Waals surface area contributed by atoms with Crippen LogP contribution in [0.25, 0.3) is 0 Å². The predicted octanol–water partition coefficient (Wildman–Crippen LogP) is 2.25. The van der Waals surface area contributed by atoms with Crippen molar-refractivity contribution in [2.45, 2.75) is 31.1 Å². The minimum atomic E-state index is -3.17. The van der Waals surface area contributed by atoms with E-state index in [1.165, 1.54) is 25.5 Å². The van der Waals surface area contributed by atoms with E-state index < -0.39 is 9.84 Å². The zero-order valence-corrected chi connectivity index (χ0v) is 12.5. The molecule has 5 heteroatoms. The smallest absolute Gasteiger partial charge is 0.175 e. The summed E-state index contributed by atoms with van der Waals surface area (Å²) in [6.07, 6.45) is 4.84. The Morgan fingerprint density at radius 3 is 2.68 bits per heavy atom. The second-order valence-electron chi connectivity index (χ2n) is 4.55. The quantitative estimate of drug-likeness (QED) is 0.707. The van der Waals surface area contributed by atoms with Gasteiger partial charge in [-0.25, -0.2) is 8.42 Å². The Kier molecular flexibility index (Phi) is 6.87. The maximum Gasteiger partial charge on any atom is 0.175 e. The SMILES string of the molecule is CCCCCNCCOc1cccc(S(C)(=O)=O)c1. The van der Waals surface area contributed by atoms with Crippen molar-refractivity contribution in [2.75, 3.05) is 26.0 Å². The van der Waals surface area contributed by atoms with E-state index in [2.05, 4.69) is 12.2 Å². The lowest BCUT2D eigenvalue weighted by atomic mass is 10.2. The van der Waals surface area contributed by atoms with Crippen molar-refractivity contribution >= 4 is 9.84 Å². The summed E-state index contributed by atoms with van der Waals surface area (Å²) in [5.41, 5.74) is 0. The van der Waals surface area contributed by atoms with Crippen molar-refractivity contribution in [3.8, 4) is 5.75 Å². The number of unbranched alkanes of at least 4 members (excludes halogenated alkanes) is 2. The topological polar surface area (TPSA) is 55.4 Å². The Bertz CT molecular complexity index is 471. The van der Waals surface area contributed by atoms with Gasteiger partial charge in [-0.2, -0.15) is 0 Å². The fourth-order valence-corrected chi connectivity index (χ4v) is 2.32. The Morgan fingerprint density at radius 2 is 2.00 bits per heavy atom. The molecule has 0 aliphatic carbocycles. The zero-order chi connectivity index (χ0) is 14.1. The number of ether oxygens (including phenoxy) is 1. The largest absolute Gasteiger partial charge is 0.492 e. The Morgan fingerprint density at radius 1 is 1.21 bits per heavy atom. The van der Waals surface area contributed by atoms with Gasteiger partial charge in [0.15, 0.2) is 9.84 Å². The molecule has 0 aliphatic rings. The molecule has 0 saturated heterocycles. The molecule has 1 aromatic carbocycles. The van der Waals surface area contributed by atoms with Gasteiger partial charge in [0.05, 0.1) is 4.90 Å². The van der Waals surface area contributed by atoms with Crippen LogP contribution >= 0.6 is 0 Å². The number of benzene rings is 1. The van der Waals surface area contributed by atoms with Gasteiger partial charge in [-0.1, -0.05) is 25.8 Å². The van der Waals surface area contributed by atoms with E-state index in [4.69, 9.17) is 4.74 Å². The van der Waals surface area contributed by atoms with Gasteiger partial charge in [0.1, 0.15) is 12.4 Å². The lowest BCUT2D eigenvalue weighted by molar-refractivity contribution is 0.313. The second-order valence-corrected chi connectivity index (χ2v) is 6.57. The van der Waals surface area contributed by atoms with Crippen LogP contribution in [-0.2, 0) is 9.84 Å². The molecule has 0 aromatic heterocycles. The van der Waals surface area contributed by atoms with Gasteiger partial charge in [0.25, 0.3) is 0 Å². The van der Waals surface area contributed by atoms with E-state index >= 15 is 0 Å². The third-order valence-electron chi connectivity index (χ3n) is 2.74. The van der Waals surface area contributed by atoms with Crippen molar-refractivity contribution in [3.05, 3.63) is 24.3 Å². The molecule has 4 nitrogen and oxygen atoms in total. The molecule has 0 aliphatic heterocycles. The van der Waals surface area contributed by atoms with Crippen LogP contribution < -0.4 is 10.1 Å². The molecule has 108 valence electrons. The lowest BCUT2D eigenvalue weighted by Crippen LogP contribution is -2.22. The molecule has 1 rings (SSSR count). The van der Waals surface area contributed by atoms with Crippen LogP contribution in [0.1, 0.15) is 26.2 Å². The van der Waals surface area contributed by atoms with Crippen LogP contribution in [0.4, 0.5) is 0 Å². The predicted molar refractivity (Wildman–Crippen MR) is 77.4 cm³/mol. The van der Waals surface area contributed by atoms with Crippen molar-refractivity contribution in [2.24, 2.45) is 0 Å². The van der Waals surface area contributed by atoms with Crippen molar-refractivity contribution < 1.29 is 13.2 Å². The minimum absolute atomic E-state index is 0.293. The molecule has 0 unspecified atom stereocenters. The first-order valence-electron chi connectivity index (χ1n) is 6.67. The summed E-state index contributed by atoms with van der Waals surface area (Å²) < 4.78 is 28.3. The first-order chi connectivity index (χ1) is 9.04. The highest BCUT2D eigenvalue weighted by Crippen LogP contribution is 2.16. The van der Waals surface area contributed by atoms with E-state index in [9.17, 15) is 8.42 Å². The Hall–Kier alpha value is -1.07. The molecule has 1 aromatic rings. The molecule has 0 atom stereocenters. The highest BCUT2D eigenvalue weighted by atomic mass is 32.2. The van der Waals surface area contributed by atoms with Crippen LogP contribution in [0, 0.1) is 0 Å². The van der Waals surface area contributed by atoms with Crippen LogP contribution in [0.15, 0.2) is 29.2 Å². The maximum absolute atomic E-state index is 11.4. The highest BCUT2D eigenvalue weighted by molar-refractivity contribution is 7.90. The average Bonchev–Trinajstić information content (AvgIpc) is 2.37. The summed E-state index contributed by atoms with van der Waals surface area (Å²) in [4.78, 5) is 0.293. The van der Waals surface area contributed by atoms with Crippen LogP contribution in [0.5, 0.6) is 5.75 Å².